The third-order valence-electron chi connectivity index (χ3n) is 4.15. The first-order valence-electron chi connectivity index (χ1n) is 7.95. The second kappa shape index (κ2) is 6.44. The second-order valence-electron chi connectivity index (χ2n) is 5.93. The highest BCUT2D eigenvalue weighted by molar-refractivity contribution is 6.30. The van der Waals surface area contributed by atoms with E-state index < -0.39 is 6.10 Å². The Hall–Kier alpha value is -2.89. The summed E-state index contributed by atoms with van der Waals surface area (Å²) >= 11 is 5.90. The summed E-state index contributed by atoms with van der Waals surface area (Å²) in [5.74, 6) is 1.23. The van der Waals surface area contributed by atoms with Gasteiger partial charge in [0, 0.05) is 21.5 Å². The first-order chi connectivity index (χ1) is 12.5. The molecule has 1 N–H and O–H groups in total. The van der Waals surface area contributed by atoms with Crippen molar-refractivity contribution < 1.29 is 18.7 Å². The largest absolute Gasteiger partial charge is 0.458 e. The molecule has 5 nitrogen and oxygen atoms in total. The fraction of sp³-hybridized carbons (Fsp3) is 0.100. The molecule has 0 fully saturated rings. The van der Waals surface area contributed by atoms with Crippen molar-refractivity contribution in [3.8, 4) is 11.5 Å². The number of nitrogens with zero attached hydrogens (tertiary/aromatic N) is 1. The van der Waals surface area contributed by atoms with E-state index in [1.165, 1.54) is 0 Å². The Morgan fingerprint density at radius 2 is 1.88 bits per heavy atom. The molecular weight excluding hydrogens is 354 g/mol. The highest BCUT2D eigenvalue weighted by atomic mass is 35.5. The summed E-state index contributed by atoms with van der Waals surface area (Å²) < 4.78 is 11.4. The van der Waals surface area contributed by atoms with Crippen molar-refractivity contribution in [2.75, 3.05) is 0 Å². The van der Waals surface area contributed by atoms with Gasteiger partial charge >= 0.3 is 0 Å². The van der Waals surface area contributed by atoms with Gasteiger partial charge in [-0.2, -0.15) is 0 Å². The summed E-state index contributed by atoms with van der Waals surface area (Å²) in [6, 6.07) is 13.9. The Balaban J connectivity index is 1.71. The Morgan fingerprint density at radius 1 is 1.12 bits per heavy atom. The first-order valence-corrected chi connectivity index (χ1v) is 8.33. The second-order valence-corrected chi connectivity index (χ2v) is 6.37. The molecule has 0 radical (unpaired) electrons. The number of furan rings is 1. The van der Waals surface area contributed by atoms with Crippen LogP contribution in [0.15, 0.2) is 57.4 Å². The summed E-state index contributed by atoms with van der Waals surface area (Å²) in [6.07, 6.45) is -0.310. The number of carbonyl (C=O) groups excluding carboxylic acids is 1. The van der Waals surface area contributed by atoms with Gasteiger partial charge in [-0.15, -0.1) is 0 Å². The van der Waals surface area contributed by atoms with E-state index >= 15 is 0 Å². The standard InChI is InChI=1S/C20H14ClNO4/c1-11-18(22-20(25-11)13-3-5-15(21)6-4-13)19(24)17-9-14-8-12(10-23)2-7-16(14)26-17/h2-10,19,24H,1H3. The van der Waals surface area contributed by atoms with Gasteiger partial charge in [0.05, 0.1) is 0 Å². The van der Waals surface area contributed by atoms with Crippen molar-refractivity contribution in [1.29, 1.82) is 0 Å². The van der Waals surface area contributed by atoms with E-state index in [0.717, 1.165) is 17.2 Å². The summed E-state index contributed by atoms with van der Waals surface area (Å²) in [5.41, 5.74) is 2.27. The average molecular weight is 368 g/mol. The number of aliphatic hydroxyl groups is 1. The van der Waals surface area contributed by atoms with Crippen LogP contribution in [0.25, 0.3) is 22.4 Å². The molecule has 0 bridgehead atoms. The lowest BCUT2D eigenvalue weighted by Gasteiger charge is -2.03. The monoisotopic (exact) mass is 367 g/mol. The number of aldehydes is 1. The summed E-state index contributed by atoms with van der Waals surface area (Å²) in [7, 11) is 0. The molecule has 0 spiro atoms. The molecular formula is C20H14ClNO4. The van der Waals surface area contributed by atoms with Crippen LogP contribution in [0.5, 0.6) is 0 Å². The van der Waals surface area contributed by atoms with Gasteiger partial charge in [-0.1, -0.05) is 11.6 Å². The van der Waals surface area contributed by atoms with E-state index in [9.17, 15) is 9.90 Å². The van der Waals surface area contributed by atoms with Crippen LogP contribution in [0.2, 0.25) is 5.02 Å². The number of hydrogen-bond acceptors (Lipinski definition) is 5. The van der Waals surface area contributed by atoms with Crippen molar-refractivity contribution >= 4 is 28.9 Å². The number of carbonyl (C=O) groups is 1. The van der Waals surface area contributed by atoms with Crippen molar-refractivity contribution in [3.63, 3.8) is 0 Å². The van der Waals surface area contributed by atoms with Gasteiger partial charge in [0.2, 0.25) is 5.89 Å². The number of aliphatic hydroxyl groups excluding tert-OH is 1. The number of halogens is 1. The predicted molar refractivity (Wildman–Crippen MR) is 97.3 cm³/mol. The number of aryl methyl sites for hydroxylation is 1. The summed E-state index contributed by atoms with van der Waals surface area (Å²) in [5, 5.41) is 12.1. The van der Waals surface area contributed by atoms with Crippen LogP contribution in [0, 0.1) is 6.92 Å². The van der Waals surface area contributed by atoms with Crippen LogP contribution in [0.3, 0.4) is 0 Å². The van der Waals surface area contributed by atoms with E-state index in [0.29, 0.717) is 39.3 Å². The van der Waals surface area contributed by atoms with Gasteiger partial charge in [-0.25, -0.2) is 4.98 Å². The molecule has 1 unspecified atom stereocenters. The van der Waals surface area contributed by atoms with Gasteiger partial charge in [0.25, 0.3) is 0 Å². The molecule has 2 aromatic carbocycles. The molecule has 6 heteroatoms. The van der Waals surface area contributed by atoms with Crippen LogP contribution in [-0.2, 0) is 0 Å². The fourth-order valence-electron chi connectivity index (χ4n) is 2.80. The molecule has 0 amide bonds. The average Bonchev–Trinajstić information content (AvgIpc) is 3.24. The van der Waals surface area contributed by atoms with Gasteiger partial charge in [-0.05, 0) is 55.5 Å². The minimum absolute atomic E-state index is 0.335. The third-order valence-corrected chi connectivity index (χ3v) is 4.40. The third kappa shape index (κ3) is 2.92. The number of hydrogen-bond donors (Lipinski definition) is 1. The topological polar surface area (TPSA) is 76.5 Å². The SMILES string of the molecule is Cc1oc(-c2ccc(Cl)cc2)nc1C(O)c1cc2cc(C=O)ccc2o1. The molecule has 4 rings (SSSR count). The fourth-order valence-corrected chi connectivity index (χ4v) is 2.93. The van der Waals surface area contributed by atoms with Crippen molar-refractivity contribution in [3.05, 3.63) is 76.3 Å². The zero-order valence-electron chi connectivity index (χ0n) is 13.8. The van der Waals surface area contributed by atoms with Gasteiger partial charge in [-0.3, -0.25) is 4.79 Å². The predicted octanol–water partition coefficient (Wildman–Crippen LogP) is 4.94. The Bertz CT molecular complexity index is 1090. The molecule has 0 aliphatic heterocycles. The molecule has 2 aromatic heterocycles. The van der Waals surface area contributed by atoms with Crippen LogP contribution in [-0.4, -0.2) is 16.4 Å². The summed E-state index contributed by atoms with van der Waals surface area (Å²) in [4.78, 5) is 15.3. The van der Waals surface area contributed by atoms with Crippen LogP contribution >= 0.6 is 11.6 Å². The molecule has 4 aromatic rings. The molecule has 0 saturated heterocycles. The number of rotatable bonds is 4. The Kier molecular flexibility index (Phi) is 4.11. The highest BCUT2D eigenvalue weighted by Crippen LogP contribution is 2.32. The molecule has 130 valence electrons. The molecule has 0 aliphatic rings. The van der Waals surface area contributed by atoms with Gasteiger partial charge in [0.15, 0.2) is 6.10 Å². The molecule has 0 saturated carbocycles. The number of aromatic nitrogens is 1. The Labute approximate surface area is 153 Å². The highest BCUT2D eigenvalue weighted by Gasteiger charge is 2.23. The van der Waals surface area contributed by atoms with Crippen LogP contribution in [0.4, 0.5) is 0 Å². The lowest BCUT2D eigenvalue weighted by atomic mass is 10.1. The van der Waals surface area contributed by atoms with E-state index in [4.69, 9.17) is 20.4 Å². The van der Waals surface area contributed by atoms with Crippen molar-refractivity contribution in [2.24, 2.45) is 0 Å². The van der Waals surface area contributed by atoms with E-state index in [1.807, 2.05) is 0 Å². The van der Waals surface area contributed by atoms with E-state index in [-0.39, 0.29) is 0 Å². The zero-order chi connectivity index (χ0) is 18.3. The quantitative estimate of drug-likeness (QED) is 0.517. The van der Waals surface area contributed by atoms with Crippen LogP contribution < -0.4 is 0 Å². The van der Waals surface area contributed by atoms with Gasteiger partial charge < -0.3 is 13.9 Å². The lowest BCUT2D eigenvalue weighted by molar-refractivity contribution is 0.112. The number of benzene rings is 2. The minimum Gasteiger partial charge on any atom is -0.458 e. The van der Waals surface area contributed by atoms with Gasteiger partial charge in [0.1, 0.15) is 29.1 Å². The number of fused-ring (bicyclic) bond motifs is 1. The maximum absolute atomic E-state index is 10.9. The molecule has 1 atom stereocenters. The maximum atomic E-state index is 10.9. The van der Waals surface area contributed by atoms with Crippen molar-refractivity contribution in [2.45, 2.75) is 13.0 Å². The van der Waals surface area contributed by atoms with Crippen molar-refractivity contribution in [1.82, 2.24) is 4.98 Å². The lowest BCUT2D eigenvalue weighted by Crippen LogP contribution is -2.00. The minimum atomic E-state index is -1.08. The number of oxazole rings is 1. The van der Waals surface area contributed by atoms with E-state index in [2.05, 4.69) is 4.98 Å². The summed E-state index contributed by atoms with van der Waals surface area (Å²) in [6.45, 7) is 1.73. The molecule has 26 heavy (non-hydrogen) atoms. The van der Waals surface area contributed by atoms with Crippen LogP contribution in [0.1, 0.15) is 33.7 Å². The zero-order valence-corrected chi connectivity index (χ0v) is 14.5. The normalized spacial score (nSPS) is 12.4. The smallest absolute Gasteiger partial charge is 0.226 e. The maximum Gasteiger partial charge on any atom is 0.226 e. The van der Waals surface area contributed by atoms with E-state index in [1.54, 1.807) is 55.5 Å². The Morgan fingerprint density at radius 3 is 2.62 bits per heavy atom. The first kappa shape index (κ1) is 16.6. The molecule has 0 aliphatic carbocycles. The molecule has 2 heterocycles.